The van der Waals surface area contributed by atoms with Crippen LogP contribution in [-0.4, -0.2) is 35.2 Å². The van der Waals surface area contributed by atoms with Gasteiger partial charge in [0.25, 0.3) is 0 Å². The molecule has 15 heavy (non-hydrogen) atoms. The van der Waals surface area contributed by atoms with Crippen molar-refractivity contribution < 1.29 is 9.90 Å². The molecule has 0 unspecified atom stereocenters. The largest absolute Gasteiger partial charge is 0.396 e. The van der Waals surface area contributed by atoms with Gasteiger partial charge in [-0.05, 0) is 31.9 Å². The summed E-state index contributed by atoms with van der Waals surface area (Å²) in [6.45, 7) is 0.994. The van der Waals surface area contributed by atoms with Crippen LogP contribution in [0.2, 0.25) is 0 Å². The van der Waals surface area contributed by atoms with Crippen molar-refractivity contribution in [3.05, 3.63) is 0 Å². The molecule has 0 spiro atoms. The molecule has 4 heteroatoms. The minimum atomic E-state index is 0.128. The lowest BCUT2D eigenvalue weighted by atomic mass is 9.84. The van der Waals surface area contributed by atoms with Crippen LogP contribution in [0.3, 0.4) is 0 Å². The number of nitrogens with one attached hydrogen (secondary N) is 1. The molecule has 1 rings (SSSR count). The fraction of sp³-hybridized carbons (Fsp3) is 0.909. The van der Waals surface area contributed by atoms with Gasteiger partial charge in [-0.15, -0.1) is 0 Å². The Kier molecular flexibility index (Phi) is 5.47. The molecule has 0 radical (unpaired) electrons. The van der Waals surface area contributed by atoms with Gasteiger partial charge in [0, 0.05) is 24.3 Å². The van der Waals surface area contributed by atoms with Gasteiger partial charge in [0.1, 0.15) is 0 Å². The molecule has 1 aliphatic rings. The van der Waals surface area contributed by atoms with Gasteiger partial charge in [-0.1, -0.05) is 6.42 Å². The first-order valence-corrected chi connectivity index (χ1v) is 6.88. The lowest BCUT2D eigenvalue weighted by molar-refractivity contribution is -0.121. The molecule has 0 aliphatic heterocycles. The van der Waals surface area contributed by atoms with Gasteiger partial charge in [-0.25, -0.2) is 0 Å². The Hall–Kier alpha value is -0.220. The summed E-state index contributed by atoms with van der Waals surface area (Å²) in [5.41, 5.74) is 0. The summed E-state index contributed by atoms with van der Waals surface area (Å²) in [4.78, 5) is 11.4. The van der Waals surface area contributed by atoms with Crippen molar-refractivity contribution in [2.45, 2.75) is 43.3 Å². The summed E-state index contributed by atoms with van der Waals surface area (Å²) in [5.74, 6) is 0.128. The van der Waals surface area contributed by atoms with Crippen LogP contribution in [-0.2, 0) is 4.79 Å². The quantitative estimate of drug-likeness (QED) is 0.654. The number of aliphatic hydroxyl groups is 1. The Balaban J connectivity index is 2.10. The average molecular weight is 231 g/mol. The van der Waals surface area contributed by atoms with Crippen molar-refractivity contribution in [1.82, 2.24) is 5.32 Å². The lowest BCUT2D eigenvalue weighted by Crippen LogP contribution is -2.45. The van der Waals surface area contributed by atoms with Crippen LogP contribution in [0.25, 0.3) is 0 Å². The maximum atomic E-state index is 11.4. The summed E-state index contributed by atoms with van der Waals surface area (Å²) in [6, 6.07) is 0. The molecule has 0 aromatic rings. The predicted octanol–water partition coefficient (Wildman–Crippen LogP) is 1.55. The normalized spacial score (nSPS) is 18.3. The summed E-state index contributed by atoms with van der Waals surface area (Å²) in [7, 11) is 0. The van der Waals surface area contributed by atoms with E-state index in [1.54, 1.807) is 0 Å². The van der Waals surface area contributed by atoms with Gasteiger partial charge in [-0.2, -0.15) is 11.8 Å². The van der Waals surface area contributed by atoms with Crippen LogP contribution in [0.15, 0.2) is 0 Å². The van der Waals surface area contributed by atoms with E-state index in [0.29, 0.717) is 11.2 Å². The minimum Gasteiger partial charge on any atom is -0.396 e. The fourth-order valence-electron chi connectivity index (χ4n) is 1.77. The van der Waals surface area contributed by atoms with E-state index in [1.807, 2.05) is 11.8 Å². The van der Waals surface area contributed by atoms with Gasteiger partial charge >= 0.3 is 0 Å². The maximum absolute atomic E-state index is 11.4. The van der Waals surface area contributed by atoms with E-state index in [1.165, 1.54) is 19.3 Å². The second-order valence-electron chi connectivity index (χ2n) is 4.20. The Morgan fingerprint density at radius 3 is 2.67 bits per heavy atom. The molecule has 0 aromatic carbocycles. The van der Waals surface area contributed by atoms with Gasteiger partial charge < -0.3 is 10.4 Å². The Morgan fingerprint density at radius 1 is 1.47 bits per heavy atom. The van der Waals surface area contributed by atoms with Crippen molar-refractivity contribution in [1.29, 1.82) is 0 Å². The molecule has 1 amide bonds. The van der Waals surface area contributed by atoms with Gasteiger partial charge in [-0.3, -0.25) is 4.79 Å². The molecule has 0 heterocycles. The average Bonchev–Trinajstić information content (AvgIpc) is 2.17. The highest BCUT2D eigenvalue weighted by Crippen LogP contribution is 2.42. The molecule has 2 N–H and O–H groups in total. The zero-order valence-electron chi connectivity index (χ0n) is 9.42. The molecule has 1 fully saturated rings. The molecule has 1 saturated carbocycles. The van der Waals surface area contributed by atoms with Gasteiger partial charge in [0.15, 0.2) is 0 Å². The molecular formula is C11H21NO2S. The monoisotopic (exact) mass is 231 g/mol. The van der Waals surface area contributed by atoms with Crippen molar-refractivity contribution in [2.24, 2.45) is 0 Å². The molecule has 0 saturated heterocycles. The van der Waals surface area contributed by atoms with Gasteiger partial charge in [0.2, 0.25) is 5.91 Å². The first kappa shape index (κ1) is 12.8. The maximum Gasteiger partial charge on any atom is 0.220 e. The highest BCUT2D eigenvalue weighted by atomic mass is 32.2. The molecule has 0 bridgehead atoms. The number of hydrogen-bond acceptors (Lipinski definition) is 3. The van der Waals surface area contributed by atoms with E-state index in [-0.39, 0.29) is 12.5 Å². The van der Waals surface area contributed by atoms with Gasteiger partial charge in [0.05, 0.1) is 0 Å². The van der Waals surface area contributed by atoms with E-state index in [2.05, 4.69) is 11.6 Å². The number of aliphatic hydroxyl groups excluding tert-OH is 1. The summed E-state index contributed by atoms with van der Waals surface area (Å²) in [6.07, 6.45) is 7.93. The zero-order valence-corrected chi connectivity index (χ0v) is 10.2. The van der Waals surface area contributed by atoms with Crippen molar-refractivity contribution in [3.8, 4) is 0 Å². The number of carbonyl (C=O) groups is 1. The predicted molar refractivity (Wildman–Crippen MR) is 64.0 cm³/mol. The molecule has 0 aromatic heterocycles. The molecular weight excluding hydrogens is 210 g/mol. The number of unbranched alkanes of at least 4 members (excludes halogenated alkanes) is 1. The van der Waals surface area contributed by atoms with Crippen molar-refractivity contribution in [2.75, 3.05) is 19.4 Å². The second-order valence-corrected chi connectivity index (χ2v) is 5.47. The zero-order chi connectivity index (χ0) is 11.1. The van der Waals surface area contributed by atoms with Crippen LogP contribution in [0.5, 0.6) is 0 Å². The smallest absolute Gasteiger partial charge is 0.220 e. The fourth-order valence-corrected chi connectivity index (χ4v) is 2.68. The third-order valence-electron chi connectivity index (χ3n) is 3.12. The number of carbonyl (C=O) groups excluding carboxylic acids is 1. The van der Waals surface area contributed by atoms with Crippen molar-refractivity contribution >= 4 is 17.7 Å². The van der Waals surface area contributed by atoms with E-state index in [9.17, 15) is 4.79 Å². The second kappa shape index (κ2) is 6.38. The first-order valence-electron chi connectivity index (χ1n) is 5.65. The Bertz CT molecular complexity index is 199. The molecule has 1 aliphatic carbocycles. The number of hydrogen-bond donors (Lipinski definition) is 2. The van der Waals surface area contributed by atoms with Crippen LogP contribution in [0, 0.1) is 0 Å². The third-order valence-corrected chi connectivity index (χ3v) is 4.54. The Morgan fingerprint density at radius 2 is 2.20 bits per heavy atom. The van der Waals surface area contributed by atoms with E-state index in [0.717, 1.165) is 19.4 Å². The summed E-state index contributed by atoms with van der Waals surface area (Å²) < 4.78 is 0.326. The number of rotatable bonds is 7. The van der Waals surface area contributed by atoms with Crippen LogP contribution < -0.4 is 5.32 Å². The number of thioether (sulfide) groups is 1. The summed E-state index contributed by atoms with van der Waals surface area (Å²) in [5, 5.41) is 11.6. The van der Waals surface area contributed by atoms with E-state index < -0.39 is 0 Å². The highest BCUT2D eigenvalue weighted by Gasteiger charge is 2.36. The topological polar surface area (TPSA) is 49.3 Å². The standard InChI is InChI=1S/C11H21NO2S/c1-15-11(6-4-7-11)9-12-10(14)5-2-3-8-13/h13H,2-9H2,1H3,(H,12,14). The minimum absolute atomic E-state index is 0.128. The van der Waals surface area contributed by atoms with Crippen LogP contribution in [0.4, 0.5) is 0 Å². The van der Waals surface area contributed by atoms with Crippen LogP contribution in [0.1, 0.15) is 38.5 Å². The Labute approximate surface area is 96.0 Å². The first-order chi connectivity index (χ1) is 7.22. The van der Waals surface area contributed by atoms with Crippen LogP contribution >= 0.6 is 11.8 Å². The lowest BCUT2D eigenvalue weighted by Gasteiger charge is -2.40. The van der Waals surface area contributed by atoms with Crippen molar-refractivity contribution in [3.63, 3.8) is 0 Å². The van der Waals surface area contributed by atoms with E-state index in [4.69, 9.17) is 5.11 Å². The number of amides is 1. The molecule has 88 valence electrons. The highest BCUT2D eigenvalue weighted by molar-refractivity contribution is 8.00. The third kappa shape index (κ3) is 4.03. The summed E-state index contributed by atoms with van der Waals surface area (Å²) >= 11 is 1.87. The SMILES string of the molecule is CSC1(CNC(=O)CCCCO)CCC1. The molecule has 3 nitrogen and oxygen atoms in total. The molecule has 0 atom stereocenters. The van der Waals surface area contributed by atoms with E-state index >= 15 is 0 Å².